The van der Waals surface area contributed by atoms with Crippen LogP contribution >= 0.6 is 0 Å². The Balaban J connectivity index is 1.93. The van der Waals surface area contributed by atoms with E-state index in [1.807, 2.05) is 19.1 Å². The first kappa shape index (κ1) is 18.1. The largest absolute Gasteiger partial charge is 0.355 e. The van der Waals surface area contributed by atoms with Crippen molar-refractivity contribution in [3.8, 4) is 0 Å². The van der Waals surface area contributed by atoms with Crippen LogP contribution in [0, 0.1) is 6.92 Å². The van der Waals surface area contributed by atoms with Crippen LogP contribution in [0.4, 0.5) is 0 Å². The summed E-state index contributed by atoms with van der Waals surface area (Å²) in [4.78, 5) is 31.0. The lowest BCUT2D eigenvalue weighted by Crippen LogP contribution is -2.35. The fourth-order valence-corrected chi connectivity index (χ4v) is 2.70. The van der Waals surface area contributed by atoms with Gasteiger partial charge >= 0.3 is 0 Å². The molecule has 0 aliphatic heterocycles. The van der Waals surface area contributed by atoms with Crippen molar-refractivity contribution in [2.75, 3.05) is 26.2 Å². The number of carbonyl (C=O) groups excluding carboxylic acids is 1. The molecular weight excluding hydrogens is 304 g/mol. The van der Waals surface area contributed by atoms with E-state index in [9.17, 15) is 9.59 Å². The van der Waals surface area contributed by atoms with Crippen LogP contribution in [-0.2, 0) is 11.3 Å². The number of nitrogens with zero attached hydrogens (tertiary/aromatic N) is 3. The number of para-hydroxylation sites is 1. The Morgan fingerprint density at radius 1 is 1.29 bits per heavy atom. The summed E-state index contributed by atoms with van der Waals surface area (Å²) in [6.45, 7) is 9.90. The third-order valence-corrected chi connectivity index (χ3v) is 4.28. The minimum absolute atomic E-state index is 0.0432. The molecule has 1 amide bonds. The van der Waals surface area contributed by atoms with Crippen molar-refractivity contribution in [1.82, 2.24) is 19.8 Å². The van der Waals surface area contributed by atoms with Gasteiger partial charge in [-0.25, -0.2) is 4.98 Å². The minimum Gasteiger partial charge on any atom is -0.355 e. The average Bonchev–Trinajstić information content (AvgIpc) is 2.59. The number of hydrogen-bond acceptors (Lipinski definition) is 4. The fraction of sp³-hybridized carbons (Fsp3) is 0.500. The van der Waals surface area contributed by atoms with Crippen molar-refractivity contribution in [3.05, 3.63) is 40.4 Å². The third kappa shape index (κ3) is 4.41. The van der Waals surface area contributed by atoms with Crippen molar-refractivity contribution in [2.24, 2.45) is 0 Å². The van der Waals surface area contributed by atoms with Gasteiger partial charge in [0.05, 0.1) is 17.2 Å². The Morgan fingerprint density at radius 2 is 2.04 bits per heavy atom. The predicted molar refractivity (Wildman–Crippen MR) is 96.2 cm³/mol. The monoisotopic (exact) mass is 330 g/mol. The molecule has 1 aromatic heterocycles. The Hall–Kier alpha value is -2.21. The second-order valence-electron chi connectivity index (χ2n) is 5.84. The van der Waals surface area contributed by atoms with E-state index in [2.05, 4.69) is 29.0 Å². The molecule has 2 rings (SSSR count). The van der Waals surface area contributed by atoms with E-state index < -0.39 is 0 Å². The number of nitrogens with one attached hydrogen (secondary N) is 1. The molecule has 0 saturated carbocycles. The number of rotatable bonds is 8. The highest BCUT2D eigenvalue weighted by Gasteiger charge is 2.08. The molecule has 0 unspecified atom stereocenters. The summed E-state index contributed by atoms with van der Waals surface area (Å²) in [5.74, 6) is -0.0432. The Kier molecular flexibility index (Phi) is 6.49. The lowest BCUT2D eigenvalue weighted by molar-refractivity contribution is -0.121. The van der Waals surface area contributed by atoms with Crippen LogP contribution in [0.2, 0.25) is 0 Å². The smallest absolute Gasteiger partial charge is 0.261 e. The van der Waals surface area contributed by atoms with E-state index >= 15 is 0 Å². The Labute approximate surface area is 142 Å². The normalized spacial score (nSPS) is 11.2. The molecule has 0 fully saturated rings. The first-order valence-electron chi connectivity index (χ1n) is 8.50. The van der Waals surface area contributed by atoms with Gasteiger partial charge in [-0.15, -0.1) is 0 Å². The van der Waals surface area contributed by atoms with Gasteiger partial charge in [0.15, 0.2) is 0 Å². The summed E-state index contributed by atoms with van der Waals surface area (Å²) in [6.07, 6.45) is 1.80. The number of carbonyl (C=O) groups is 1. The second kappa shape index (κ2) is 8.59. The van der Waals surface area contributed by atoms with Crippen molar-refractivity contribution < 1.29 is 4.79 Å². The number of benzene rings is 1. The number of amides is 1. The molecule has 24 heavy (non-hydrogen) atoms. The zero-order valence-corrected chi connectivity index (χ0v) is 14.7. The van der Waals surface area contributed by atoms with Crippen LogP contribution in [0.3, 0.4) is 0 Å². The highest BCUT2D eigenvalue weighted by atomic mass is 16.1. The maximum atomic E-state index is 12.5. The van der Waals surface area contributed by atoms with E-state index in [0.717, 1.165) is 30.7 Å². The van der Waals surface area contributed by atoms with Gasteiger partial charge in [0.2, 0.25) is 5.91 Å². The van der Waals surface area contributed by atoms with E-state index in [1.54, 1.807) is 6.07 Å². The minimum atomic E-state index is -0.0976. The van der Waals surface area contributed by atoms with Crippen LogP contribution in [-0.4, -0.2) is 46.5 Å². The number of likely N-dealkylation sites (N-methyl/N-ethyl adjacent to an activating group) is 1. The SMILES string of the molecule is CCN(CC)CCNC(=O)CCn1cnc2c(C)cccc2c1=O. The molecule has 0 aliphatic rings. The van der Waals surface area contributed by atoms with E-state index in [-0.39, 0.29) is 17.9 Å². The van der Waals surface area contributed by atoms with Crippen LogP contribution in [0.5, 0.6) is 0 Å². The van der Waals surface area contributed by atoms with Crippen molar-refractivity contribution >= 4 is 16.8 Å². The highest BCUT2D eigenvalue weighted by molar-refractivity contribution is 5.80. The quantitative estimate of drug-likeness (QED) is 0.797. The lowest BCUT2D eigenvalue weighted by atomic mass is 10.1. The summed E-state index contributed by atoms with van der Waals surface area (Å²) in [6, 6.07) is 5.56. The molecule has 1 N–H and O–H groups in total. The van der Waals surface area contributed by atoms with Crippen molar-refractivity contribution in [3.63, 3.8) is 0 Å². The number of hydrogen-bond donors (Lipinski definition) is 1. The molecule has 6 nitrogen and oxygen atoms in total. The van der Waals surface area contributed by atoms with Gasteiger partial charge in [0, 0.05) is 26.1 Å². The Bertz CT molecular complexity index is 750. The van der Waals surface area contributed by atoms with Crippen LogP contribution in [0.1, 0.15) is 25.8 Å². The summed E-state index contributed by atoms with van der Waals surface area (Å²) in [5, 5.41) is 3.50. The predicted octanol–water partition coefficient (Wildman–Crippen LogP) is 1.55. The maximum absolute atomic E-state index is 12.5. The Morgan fingerprint density at radius 3 is 2.75 bits per heavy atom. The van der Waals surface area contributed by atoms with Crippen LogP contribution in [0.25, 0.3) is 10.9 Å². The topological polar surface area (TPSA) is 67.2 Å². The molecule has 6 heteroatoms. The van der Waals surface area contributed by atoms with E-state index in [1.165, 1.54) is 10.9 Å². The van der Waals surface area contributed by atoms with Gasteiger partial charge < -0.3 is 10.2 Å². The van der Waals surface area contributed by atoms with Gasteiger partial charge in [-0.05, 0) is 31.6 Å². The summed E-state index contributed by atoms with van der Waals surface area (Å²) in [5.41, 5.74) is 1.60. The third-order valence-electron chi connectivity index (χ3n) is 4.28. The number of aryl methyl sites for hydroxylation is 2. The summed E-state index contributed by atoms with van der Waals surface area (Å²) < 4.78 is 1.51. The molecule has 0 spiro atoms. The van der Waals surface area contributed by atoms with Gasteiger partial charge in [-0.1, -0.05) is 26.0 Å². The van der Waals surface area contributed by atoms with Crippen molar-refractivity contribution in [1.29, 1.82) is 0 Å². The number of fused-ring (bicyclic) bond motifs is 1. The zero-order chi connectivity index (χ0) is 17.5. The molecule has 0 saturated heterocycles. The van der Waals surface area contributed by atoms with E-state index in [4.69, 9.17) is 0 Å². The van der Waals surface area contributed by atoms with Gasteiger partial charge in [0.1, 0.15) is 0 Å². The molecule has 0 aliphatic carbocycles. The fourth-order valence-electron chi connectivity index (χ4n) is 2.70. The molecule has 0 atom stereocenters. The second-order valence-corrected chi connectivity index (χ2v) is 5.84. The molecule has 0 radical (unpaired) electrons. The van der Waals surface area contributed by atoms with Crippen LogP contribution in [0.15, 0.2) is 29.3 Å². The molecule has 1 aromatic carbocycles. The molecule has 2 aromatic rings. The van der Waals surface area contributed by atoms with Crippen molar-refractivity contribution in [2.45, 2.75) is 33.7 Å². The number of aromatic nitrogens is 2. The summed E-state index contributed by atoms with van der Waals surface area (Å²) in [7, 11) is 0. The van der Waals surface area contributed by atoms with Gasteiger partial charge in [-0.3, -0.25) is 14.2 Å². The molecule has 0 bridgehead atoms. The molecule has 130 valence electrons. The first-order valence-corrected chi connectivity index (χ1v) is 8.50. The zero-order valence-electron chi connectivity index (χ0n) is 14.7. The standard InChI is InChI=1S/C18H26N4O2/c1-4-21(5-2)12-10-19-16(23)9-11-22-13-20-17-14(3)7-6-8-15(17)18(22)24/h6-8,13H,4-5,9-12H2,1-3H3,(H,19,23). The molecule has 1 heterocycles. The van der Waals surface area contributed by atoms with Gasteiger partial charge in [0.25, 0.3) is 5.56 Å². The van der Waals surface area contributed by atoms with E-state index in [0.29, 0.717) is 18.5 Å². The lowest BCUT2D eigenvalue weighted by Gasteiger charge is -2.18. The van der Waals surface area contributed by atoms with Gasteiger partial charge in [-0.2, -0.15) is 0 Å². The average molecular weight is 330 g/mol. The summed E-state index contributed by atoms with van der Waals surface area (Å²) >= 11 is 0. The highest BCUT2D eigenvalue weighted by Crippen LogP contribution is 2.11. The first-order chi connectivity index (χ1) is 11.6. The molecular formula is C18H26N4O2. The van der Waals surface area contributed by atoms with Crippen LogP contribution < -0.4 is 10.9 Å². The maximum Gasteiger partial charge on any atom is 0.261 e.